The van der Waals surface area contributed by atoms with Gasteiger partial charge in [-0.3, -0.25) is 0 Å². The number of anilines is 3. The first-order chi connectivity index (χ1) is 33.9. The monoisotopic (exact) mass is 774 g/mol. The maximum atomic E-state index is 8.69. The largest absolute Gasteiger partial charge is 0.310 e. The van der Waals surface area contributed by atoms with Gasteiger partial charge in [-0.1, -0.05) is 188 Å². The van der Waals surface area contributed by atoms with E-state index in [1.807, 2.05) is 60.7 Å². The van der Waals surface area contributed by atoms with Gasteiger partial charge < -0.3 is 9.47 Å². The summed E-state index contributed by atoms with van der Waals surface area (Å²) in [5.74, 6) is 0. The summed E-state index contributed by atoms with van der Waals surface area (Å²) in [4.78, 5) is 2.16. The Labute approximate surface area is 364 Å². The van der Waals surface area contributed by atoms with Crippen LogP contribution >= 0.6 is 0 Å². The van der Waals surface area contributed by atoms with Crippen molar-refractivity contribution in [3.05, 3.63) is 242 Å². The Balaban J connectivity index is 1.06. The molecule has 0 spiro atoms. The molecular formula is C58H40N2. The highest BCUT2D eigenvalue weighted by molar-refractivity contribution is 6.17. The van der Waals surface area contributed by atoms with E-state index in [0.29, 0.717) is 11.1 Å². The molecule has 11 rings (SSSR count). The molecule has 0 radical (unpaired) electrons. The highest BCUT2D eigenvalue weighted by Crippen LogP contribution is 2.46. The molecule has 1 heterocycles. The van der Waals surface area contributed by atoms with Crippen LogP contribution in [0.1, 0.15) is 13.7 Å². The molecule has 282 valence electrons. The quantitative estimate of drug-likeness (QED) is 0.149. The first-order valence-corrected chi connectivity index (χ1v) is 19.8. The van der Waals surface area contributed by atoms with E-state index in [2.05, 4.69) is 107 Å². The summed E-state index contributed by atoms with van der Waals surface area (Å²) in [5, 5.41) is 4.52. The summed E-state index contributed by atoms with van der Waals surface area (Å²) >= 11 is 0. The normalized spacial score (nSPS) is 13.7. The second-order valence-electron chi connectivity index (χ2n) is 14.6. The van der Waals surface area contributed by atoms with Gasteiger partial charge in [-0.15, -0.1) is 0 Å². The van der Waals surface area contributed by atoms with E-state index in [1.54, 1.807) is 24.3 Å². The maximum Gasteiger partial charge on any atom is 0.0629 e. The molecule has 0 atom stereocenters. The fourth-order valence-corrected chi connectivity index (χ4v) is 8.36. The molecule has 0 amide bonds. The van der Waals surface area contributed by atoms with Crippen molar-refractivity contribution in [2.75, 3.05) is 4.90 Å². The molecule has 0 aliphatic rings. The Hall–Kier alpha value is -7.94. The minimum atomic E-state index is -0.443. The summed E-state index contributed by atoms with van der Waals surface area (Å²) in [6.07, 6.45) is 0. The van der Waals surface area contributed by atoms with Gasteiger partial charge in [0.25, 0.3) is 0 Å². The van der Waals surface area contributed by atoms with Crippen LogP contribution in [0.15, 0.2) is 242 Å². The molecule has 0 unspecified atom stereocenters. The minimum absolute atomic E-state index is 0.126. The molecule has 11 aromatic rings. The number of aromatic nitrogens is 1. The Morgan fingerprint density at radius 3 is 1.52 bits per heavy atom. The van der Waals surface area contributed by atoms with Crippen molar-refractivity contribution in [2.24, 2.45) is 0 Å². The lowest BCUT2D eigenvalue weighted by Crippen LogP contribution is -2.11. The van der Waals surface area contributed by atoms with E-state index in [0.717, 1.165) is 72.2 Å². The molecule has 0 bridgehead atoms. The predicted molar refractivity (Wildman–Crippen MR) is 255 cm³/mol. The van der Waals surface area contributed by atoms with Crippen LogP contribution in [-0.4, -0.2) is 4.57 Å². The average molecular weight is 775 g/mol. The van der Waals surface area contributed by atoms with Gasteiger partial charge in [0.05, 0.1) is 30.4 Å². The van der Waals surface area contributed by atoms with Crippen LogP contribution in [0.2, 0.25) is 0 Å². The number of fused-ring (bicyclic) bond motifs is 4. The molecule has 0 saturated heterocycles. The zero-order chi connectivity index (χ0) is 48.5. The second-order valence-corrected chi connectivity index (χ2v) is 14.6. The summed E-state index contributed by atoms with van der Waals surface area (Å²) in [5.41, 5.74) is 10.7. The third kappa shape index (κ3) is 6.32. The van der Waals surface area contributed by atoms with Gasteiger partial charge >= 0.3 is 0 Å². The van der Waals surface area contributed by atoms with Gasteiger partial charge in [0, 0.05) is 33.4 Å². The first kappa shape index (κ1) is 26.1. The number of hydrogen-bond donors (Lipinski definition) is 0. The Morgan fingerprint density at radius 2 is 0.867 bits per heavy atom. The van der Waals surface area contributed by atoms with Gasteiger partial charge in [0.2, 0.25) is 0 Å². The summed E-state index contributed by atoms with van der Waals surface area (Å²) in [6.45, 7) is 0. The first-order valence-electron chi connectivity index (χ1n) is 24.8. The Bertz CT molecular complexity index is 3830. The second kappa shape index (κ2) is 15.1. The number of para-hydroxylation sites is 2. The lowest BCUT2D eigenvalue weighted by Gasteiger charge is -2.28. The van der Waals surface area contributed by atoms with Crippen LogP contribution in [0.25, 0.3) is 82.8 Å². The van der Waals surface area contributed by atoms with E-state index in [4.69, 9.17) is 13.7 Å². The van der Waals surface area contributed by atoms with Gasteiger partial charge in [-0.2, -0.15) is 0 Å². The van der Waals surface area contributed by atoms with Crippen molar-refractivity contribution in [1.82, 2.24) is 4.57 Å². The summed E-state index contributed by atoms with van der Waals surface area (Å²) < 4.78 is 85.8. The molecule has 0 fully saturated rings. The predicted octanol–water partition coefficient (Wildman–Crippen LogP) is 16.1. The average Bonchev–Trinajstić information content (AvgIpc) is 3.74. The molecule has 0 aliphatic carbocycles. The molecule has 10 aromatic carbocycles. The van der Waals surface area contributed by atoms with Gasteiger partial charge in [0.1, 0.15) is 0 Å². The van der Waals surface area contributed by atoms with Crippen molar-refractivity contribution in [3.8, 4) is 50.2 Å². The molecule has 2 heteroatoms. The minimum Gasteiger partial charge on any atom is -0.310 e. The number of rotatable bonds is 8. The number of nitrogens with zero attached hydrogens (tertiary/aromatic N) is 2. The molecule has 0 N–H and O–H groups in total. The highest BCUT2D eigenvalue weighted by atomic mass is 15.1. The Kier molecular flexibility index (Phi) is 6.58. The standard InChI is InChI=1S/C58H40N2/c1-3-14-41(15-4-1)44-26-28-45(29-27-44)47-32-37-50(38-33-47)59(49-35-30-46(31-36-49)42-16-5-2-6-17-42)55-23-11-9-20-52(55)53-22-13-25-57-58(53)54-21-10-12-24-56(54)60(57)51-39-34-43-18-7-8-19-48(43)40-51/h1-40H/i1D,2D,3D,4D,5D,6D,14D,15D,16D,17D. The molecular weight excluding hydrogens is 725 g/mol. The lowest BCUT2D eigenvalue weighted by molar-refractivity contribution is 1.19. The van der Waals surface area contributed by atoms with Crippen LogP contribution in [0.5, 0.6) is 0 Å². The Morgan fingerprint density at radius 1 is 0.367 bits per heavy atom. The van der Waals surface area contributed by atoms with E-state index in [1.165, 1.54) is 5.39 Å². The van der Waals surface area contributed by atoms with Crippen molar-refractivity contribution in [3.63, 3.8) is 0 Å². The van der Waals surface area contributed by atoms with Crippen molar-refractivity contribution in [2.45, 2.75) is 0 Å². The van der Waals surface area contributed by atoms with Crippen LogP contribution in [0.3, 0.4) is 0 Å². The SMILES string of the molecule is [2H]c1c([2H])c([2H])c(-c2ccc(-c3ccc(N(c4ccc(-c5c([2H])c([2H])c([2H])c([2H])c5[2H])cc4)c4ccccc4-c4cccc5c4c4ccccc4n5-c4ccc5ccccc5c4)cc3)cc2)c([2H])c1[2H]. The fourth-order valence-electron chi connectivity index (χ4n) is 8.36. The zero-order valence-corrected chi connectivity index (χ0v) is 32.2. The van der Waals surface area contributed by atoms with Crippen molar-refractivity contribution < 1.29 is 13.7 Å². The molecule has 0 aliphatic heterocycles. The van der Waals surface area contributed by atoms with Gasteiger partial charge in [0.15, 0.2) is 0 Å². The van der Waals surface area contributed by atoms with E-state index < -0.39 is 24.2 Å². The van der Waals surface area contributed by atoms with Crippen LogP contribution < -0.4 is 4.90 Å². The maximum absolute atomic E-state index is 8.69. The molecule has 1 aromatic heterocycles. The fraction of sp³-hybridized carbons (Fsp3) is 0. The van der Waals surface area contributed by atoms with E-state index >= 15 is 0 Å². The zero-order valence-electron chi connectivity index (χ0n) is 42.2. The smallest absolute Gasteiger partial charge is 0.0629 e. The van der Waals surface area contributed by atoms with E-state index in [9.17, 15) is 0 Å². The topological polar surface area (TPSA) is 8.17 Å². The molecule has 60 heavy (non-hydrogen) atoms. The van der Waals surface area contributed by atoms with Crippen LogP contribution in [0.4, 0.5) is 17.1 Å². The van der Waals surface area contributed by atoms with Crippen LogP contribution in [-0.2, 0) is 0 Å². The third-order valence-corrected chi connectivity index (χ3v) is 11.2. The number of hydrogen-bond acceptors (Lipinski definition) is 1. The van der Waals surface area contributed by atoms with Gasteiger partial charge in [-0.05, 0) is 104 Å². The summed E-state index contributed by atoms with van der Waals surface area (Å²) in [7, 11) is 0. The van der Waals surface area contributed by atoms with Gasteiger partial charge in [-0.25, -0.2) is 0 Å². The van der Waals surface area contributed by atoms with Crippen LogP contribution in [0, 0.1) is 0 Å². The van der Waals surface area contributed by atoms with E-state index in [-0.39, 0.29) is 47.4 Å². The highest BCUT2D eigenvalue weighted by Gasteiger charge is 2.22. The summed E-state index contributed by atoms with van der Waals surface area (Å²) in [6, 6.07) is 57.4. The number of benzene rings is 10. The lowest BCUT2D eigenvalue weighted by atomic mass is 9.96. The van der Waals surface area contributed by atoms with Crippen molar-refractivity contribution in [1.29, 1.82) is 0 Å². The molecule has 2 nitrogen and oxygen atoms in total. The third-order valence-electron chi connectivity index (χ3n) is 11.2. The molecule has 0 saturated carbocycles. The van der Waals surface area contributed by atoms with Crippen molar-refractivity contribution >= 4 is 49.6 Å².